The van der Waals surface area contributed by atoms with Gasteiger partial charge in [0.1, 0.15) is 12.4 Å². The summed E-state index contributed by atoms with van der Waals surface area (Å²) in [4.78, 5) is 4.22. The van der Waals surface area contributed by atoms with Crippen molar-refractivity contribution in [2.75, 3.05) is 20.2 Å². The van der Waals surface area contributed by atoms with Crippen LogP contribution < -0.4 is 15.4 Å². The fourth-order valence-electron chi connectivity index (χ4n) is 2.75. The molecule has 0 atom stereocenters. The number of para-hydroxylation sites is 1. The van der Waals surface area contributed by atoms with E-state index in [0.717, 1.165) is 35.6 Å². The van der Waals surface area contributed by atoms with Crippen LogP contribution in [0, 0.1) is 6.92 Å². The summed E-state index contributed by atoms with van der Waals surface area (Å²) in [5.74, 6) is 2.89. The number of aryl methyl sites for hydroxylation is 1. The predicted molar refractivity (Wildman–Crippen MR) is 120 cm³/mol. The fourth-order valence-corrected chi connectivity index (χ4v) is 2.75. The summed E-state index contributed by atoms with van der Waals surface area (Å²) in [6.07, 6.45) is 2.14. The third kappa shape index (κ3) is 7.40. The maximum atomic E-state index is 5.78. The molecule has 0 amide bonds. The first-order valence-corrected chi connectivity index (χ1v) is 9.26. The average Bonchev–Trinajstić information content (AvgIpc) is 3.12. The second-order valence-corrected chi connectivity index (χ2v) is 6.20. The molecular weight excluding hydrogens is 455 g/mol. The van der Waals surface area contributed by atoms with Gasteiger partial charge in [0.05, 0.1) is 18.8 Å². The van der Waals surface area contributed by atoms with Gasteiger partial charge in [-0.05, 0) is 31.4 Å². The minimum Gasteiger partial charge on any atom is -0.491 e. The molecule has 0 fully saturated rings. The Morgan fingerprint density at radius 3 is 2.63 bits per heavy atom. The Bertz CT molecular complexity index is 699. The SMILES string of the molecule is CCC(CC)c1cc(CNC(=NC)NCCOc2ccccc2C)on1.I. The Kier molecular flexibility index (Phi) is 10.8. The Balaban J connectivity index is 0.00000364. The summed E-state index contributed by atoms with van der Waals surface area (Å²) in [5, 5.41) is 10.7. The second-order valence-electron chi connectivity index (χ2n) is 6.20. The van der Waals surface area contributed by atoms with Gasteiger partial charge in [-0.3, -0.25) is 4.99 Å². The summed E-state index contributed by atoms with van der Waals surface area (Å²) in [7, 11) is 1.74. The third-order valence-electron chi connectivity index (χ3n) is 4.38. The van der Waals surface area contributed by atoms with Crippen LogP contribution >= 0.6 is 24.0 Å². The van der Waals surface area contributed by atoms with Crippen molar-refractivity contribution in [3.8, 4) is 5.75 Å². The van der Waals surface area contributed by atoms with Crippen LogP contribution in [0.2, 0.25) is 0 Å². The van der Waals surface area contributed by atoms with Crippen molar-refractivity contribution in [2.45, 2.75) is 46.1 Å². The third-order valence-corrected chi connectivity index (χ3v) is 4.38. The van der Waals surface area contributed by atoms with Crippen molar-refractivity contribution < 1.29 is 9.26 Å². The zero-order chi connectivity index (χ0) is 18.8. The lowest BCUT2D eigenvalue weighted by molar-refractivity contribution is 0.319. The molecule has 0 aliphatic carbocycles. The van der Waals surface area contributed by atoms with Crippen molar-refractivity contribution in [2.24, 2.45) is 4.99 Å². The number of aliphatic imine (C=N–C) groups is 1. The number of hydrogen-bond donors (Lipinski definition) is 2. The van der Waals surface area contributed by atoms with E-state index in [-0.39, 0.29) is 24.0 Å². The highest BCUT2D eigenvalue weighted by atomic mass is 127. The van der Waals surface area contributed by atoms with Crippen molar-refractivity contribution in [1.29, 1.82) is 0 Å². The number of hydrogen-bond acceptors (Lipinski definition) is 4. The summed E-state index contributed by atoms with van der Waals surface area (Å²) >= 11 is 0. The first-order chi connectivity index (χ1) is 12.7. The molecule has 1 aromatic carbocycles. The quantitative estimate of drug-likeness (QED) is 0.240. The minimum absolute atomic E-state index is 0. The molecule has 2 N–H and O–H groups in total. The highest BCUT2D eigenvalue weighted by Crippen LogP contribution is 2.22. The largest absolute Gasteiger partial charge is 0.491 e. The van der Waals surface area contributed by atoms with E-state index in [9.17, 15) is 0 Å². The van der Waals surface area contributed by atoms with Gasteiger partial charge in [-0.15, -0.1) is 24.0 Å². The summed E-state index contributed by atoms with van der Waals surface area (Å²) in [5.41, 5.74) is 2.16. The molecule has 1 aromatic heterocycles. The molecule has 0 aliphatic heterocycles. The van der Waals surface area contributed by atoms with E-state index in [1.54, 1.807) is 7.05 Å². The highest BCUT2D eigenvalue weighted by molar-refractivity contribution is 14.0. The zero-order valence-corrected chi connectivity index (χ0v) is 18.9. The van der Waals surface area contributed by atoms with Crippen LogP contribution in [-0.2, 0) is 6.54 Å². The lowest BCUT2D eigenvalue weighted by Crippen LogP contribution is -2.38. The number of ether oxygens (including phenoxy) is 1. The van der Waals surface area contributed by atoms with Crippen LogP contribution in [0.5, 0.6) is 5.75 Å². The molecular formula is C20H31IN4O2. The Hall–Kier alpha value is -1.77. The monoisotopic (exact) mass is 486 g/mol. The van der Waals surface area contributed by atoms with Gasteiger partial charge >= 0.3 is 0 Å². The molecule has 150 valence electrons. The van der Waals surface area contributed by atoms with Gasteiger partial charge in [0.25, 0.3) is 0 Å². The van der Waals surface area contributed by atoms with Gasteiger partial charge in [0, 0.05) is 19.0 Å². The fraction of sp³-hybridized carbons (Fsp3) is 0.500. The van der Waals surface area contributed by atoms with E-state index in [1.807, 2.05) is 37.3 Å². The maximum Gasteiger partial charge on any atom is 0.191 e. The second kappa shape index (κ2) is 12.6. The first-order valence-electron chi connectivity index (χ1n) is 9.26. The molecule has 0 spiro atoms. The van der Waals surface area contributed by atoms with E-state index in [2.05, 4.69) is 34.6 Å². The van der Waals surface area contributed by atoms with E-state index in [1.165, 1.54) is 0 Å². The predicted octanol–water partition coefficient (Wildman–Crippen LogP) is 4.25. The summed E-state index contributed by atoms with van der Waals surface area (Å²) < 4.78 is 11.2. The molecule has 7 heteroatoms. The van der Waals surface area contributed by atoms with E-state index >= 15 is 0 Å². The summed E-state index contributed by atoms with van der Waals surface area (Å²) in [6, 6.07) is 10.0. The van der Waals surface area contributed by atoms with Crippen LogP contribution in [0.15, 0.2) is 39.8 Å². The van der Waals surface area contributed by atoms with Gasteiger partial charge < -0.3 is 19.9 Å². The molecule has 1 heterocycles. The van der Waals surface area contributed by atoms with Crippen molar-refractivity contribution in [1.82, 2.24) is 15.8 Å². The van der Waals surface area contributed by atoms with Crippen molar-refractivity contribution in [3.05, 3.63) is 47.3 Å². The van der Waals surface area contributed by atoms with Crippen molar-refractivity contribution in [3.63, 3.8) is 0 Å². The average molecular weight is 486 g/mol. The van der Waals surface area contributed by atoms with E-state index < -0.39 is 0 Å². The normalized spacial score (nSPS) is 11.2. The van der Waals surface area contributed by atoms with Crippen molar-refractivity contribution >= 4 is 29.9 Å². The molecule has 2 rings (SSSR count). The smallest absolute Gasteiger partial charge is 0.191 e. The molecule has 0 bridgehead atoms. The number of halogens is 1. The Morgan fingerprint density at radius 2 is 1.96 bits per heavy atom. The molecule has 0 saturated carbocycles. The zero-order valence-electron chi connectivity index (χ0n) is 16.6. The lowest BCUT2D eigenvalue weighted by Gasteiger charge is -2.12. The van der Waals surface area contributed by atoms with Crippen LogP contribution in [-0.4, -0.2) is 31.3 Å². The Labute approximate surface area is 179 Å². The van der Waals surface area contributed by atoms with E-state index in [0.29, 0.717) is 31.6 Å². The van der Waals surface area contributed by atoms with Crippen LogP contribution in [0.25, 0.3) is 0 Å². The Morgan fingerprint density at radius 1 is 1.22 bits per heavy atom. The molecule has 0 unspecified atom stereocenters. The number of nitrogens with zero attached hydrogens (tertiary/aromatic N) is 2. The number of guanidine groups is 1. The first kappa shape index (κ1) is 23.3. The molecule has 2 aromatic rings. The number of rotatable bonds is 9. The van der Waals surface area contributed by atoms with Crippen LogP contribution in [0.1, 0.15) is 49.6 Å². The number of aromatic nitrogens is 1. The number of nitrogens with one attached hydrogen (secondary N) is 2. The highest BCUT2D eigenvalue weighted by Gasteiger charge is 2.13. The van der Waals surface area contributed by atoms with Crippen LogP contribution in [0.4, 0.5) is 0 Å². The van der Waals surface area contributed by atoms with Gasteiger partial charge in [-0.25, -0.2) is 0 Å². The molecule has 0 saturated heterocycles. The van der Waals surface area contributed by atoms with Gasteiger partial charge in [0.15, 0.2) is 11.7 Å². The molecule has 0 radical (unpaired) electrons. The molecule has 27 heavy (non-hydrogen) atoms. The minimum atomic E-state index is 0. The molecule has 0 aliphatic rings. The topological polar surface area (TPSA) is 71.7 Å². The van der Waals surface area contributed by atoms with Gasteiger partial charge in [-0.2, -0.15) is 0 Å². The maximum absolute atomic E-state index is 5.78. The van der Waals surface area contributed by atoms with Gasteiger partial charge in [-0.1, -0.05) is 37.2 Å². The lowest BCUT2D eigenvalue weighted by atomic mass is 9.99. The van der Waals surface area contributed by atoms with E-state index in [4.69, 9.17) is 9.26 Å². The van der Waals surface area contributed by atoms with Gasteiger partial charge in [0.2, 0.25) is 0 Å². The van der Waals surface area contributed by atoms with Crippen LogP contribution in [0.3, 0.4) is 0 Å². The summed E-state index contributed by atoms with van der Waals surface area (Å²) in [6.45, 7) is 8.15. The standard InChI is InChI=1S/C20H30N4O2.HI/c1-5-16(6-2)18-13-17(26-24-18)14-23-20(21-4)22-11-12-25-19-10-8-7-9-15(19)3;/h7-10,13,16H,5-6,11-12,14H2,1-4H3,(H2,21,22,23);1H. The molecule has 6 nitrogen and oxygen atoms in total. The number of benzene rings is 1.